The maximum absolute atomic E-state index is 13.4. The van der Waals surface area contributed by atoms with Crippen LogP contribution in [0.5, 0.6) is 0 Å². The van der Waals surface area contributed by atoms with E-state index in [9.17, 15) is 9.59 Å². The molecule has 1 aliphatic rings. The number of carbonyl (C=O) groups is 2. The summed E-state index contributed by atoms with van der Waals surface area (Å²) >= 11 is 0. The fourth-order valence-electron chi connectivity index (χ4n) is 4.82. The molecule has 2 N–H and O–H groups in total. The number of carbonyl (C=O) groups excluding carboxylic acids is 2. The first kappa shape index (κ1) is 23.5. The Kier molecular flexibility index (Phi) is 6.66. The van der Waals surface area contributed by atoms with Crippen molar-refractivity contribution in [3.63, 3.8) is 0 Å². The molecule has 0 aliphatic heterocycles. The molecule has 8 nitrogen and oxygen atoms in total. The van der Waals surface area contributed by atoms with Crippen LogP contribution in [0.2, 0.25) is 0 Å². The van der Waals surface area contributed by atoms with Crippen LogP contribution in [0.4, 0.5) is 0 Å². The van der Waals surface area contributed by atoms with Gasteiger partial charge < -0.3 is 19.7 Å². The molecule has 0 unspecified atom stereocenters. The minimum atomic E-state index is -0.259. The van der Waals surface area contributed by atoms with Gasteiger partial charge in [-0.15, -0.1) is 0 Å². The number of hydrogen-bond donors (Lipinski definition) is 2. The standard InChI is InChI=1S/C28H28N4O4/c1-17-23(25(31-35-17)19-11-5-3-6-12-19)27(33)29-21-15-9-10-16-22(21)30-28(34)24-18(2)36-32-26(24)20-13-7-4-8-14-20/h3-8,11-14,21-22H,9-10,15-16H2,1-2H3,(H,29,33)(H,30,34)/t21-,22-/m1/s1. The van der Waals surface area contributed by atoms with Crippen molar-refractivity contribution in [1.29, 1.82) is 0 Å². The first-order valence-corrected chi connectivity index (χ1v) is 12.2. The summed E-state index contributed by atoms with van der Waals surface area (Å²) < 4.78 is 10.7. The van der Waals surface area contributed by atoms with E-state index in [-0.39, 0.29) is 23.9 Å². The van der Waals surface area contributed by atoms with E-state index in [0.717, 1.165) is 36.8 Å². The number of rotatable bonds is 6. The highest BCUT2D eigenvalue weighted by Gasteiger charge is 2.32. The molecular formula is C28H28N4O4. The Balaban J connectivity index is 1.35. The Morgan fingerprint density at radius 1 is 0.694 bits per heavy atom. The zero-order valence-corrected chi connectivity index (χ0v) is 20.3. The summed E-state index contributed by atoms with van der Waals surface area (Å²) in [4.78, 5) is 26.8. The Bertz CT molecular complexity index is 1260. The van der Waals surface area contributed by atoms with Gasteiger partial charge in [0.1, 0.15) is 34.0 Å². The van der Waals surface area contributed by atoms with Crippen LogP contribution < -0.4 is 10.6 Å². The van der Waals surface area contributed by atoms with Gasteiger partial charge in [-0.25, -0.2) is 0 Å². The highest BCUT2D eigenvalue weighted by molar-refractivity contribution is 6.02. The van der Waals surface area contributed by atoms with E-state index in [2.05, 4.69) is 20.9 Å². The molecule has 36 heavy (non-hydrogen) atoms. The fraction of sp³-hybridized carbons (Fsp3) is 0.286. The largest absolute Gasteiger partial charge is 0.360 e. The van der Waals surface area contributed by atoms with E-state index in [1.54, 1.807) is 13.8 Å². The first-order chi connectivity index (χ1) is 17.5. The van der Waals surface area contributed by atoms with Gasteiger partial charge in [0.2, 0.25) is 0 Å². The number of aryl methyl sites for hydroxylation is 2. The van der Waals surface area contributed by atoms with Crippen molar-refractivity contribution >= 4 is 11.8 Å². The predicted molar refractivity (Wildman–Crippen MR) is 134 cm³/mol. The predicted octanol–water partition coefficient (Wildman–Crippen LogP) is 5.08. The molecule has 1 fully saturated rings. The average Bonchev–Trinajstić information content (AvgIpc) is 3.49. The van der Waals surface area contributed by atoms with Gasteiger partial charge in [-0.3, -0.25) is 9.59 Å². The molecule has 1 saturated carbocycles. The Morgan fingerprint density at radius 3 is 1.47 bits per heavy atom. The van der Waals surface area contributed by atoms with Crippen LogP contribution in [-0.2, 0) is 0 Å². The molecule has 2 atom stereocenters. The second-order valence-electron chi connectivity index (χ2n) is 9.10. The molecule has 0 spiro atoms. The van der Waals surface area contributed by atoms with Crippen molar-refractivity contribution in [3.8, 4) is 22.5 Å². The summed E-state index contributed by atoms with van der Waals surface area (Å²) in [6.45, 7) is 3.46. The van der Waals surface area contributed by atoms with Gasteiger partial charge in [0.25, 0.3) is 11.8 Å². The molecule has 1 aliphatic carbocycles. The van der Waals surface area contributed by atoms with E-state index >= 15 is 0 Å². The van der Waals surface area contributed by atoms with Crippen LogP contribution in [0.25, 0.3) is 22.5 Å². The van der Waals surface area contributed by atoms with Crippen LogP contribution >= 0.6 is 0 Å². The minimum Gasteiger partial charge on any atom is -0.360 e. The topological polar surface area (TPSA) is 110 Å². The van der Waals surface area contributed by atoms with E-state index in [0.29, 0.717) is 34.0 Å². The molecule has 2 aromatic carbocycles. The third-order valence-electron chi connectivity index (χ3n) is 6.67. The Labute approximate surface area is 209 Å². The second-order valence-corrected chi connectivity index (χ2v) is 9.10. The summed E-state index contributed by atoms with van der Waals surface area (Å²) in [5.74, 6) is 0.389. The number of amides is 2. The lowest BCUT2D eigenvalue weighted by Gasteiger charge is -2.32. The molecule has 184 valence electrons. The van der Waals surface area contributed by atoms with Gasteiger partial charge in [-0.2, -0.15) is 0 Å². The number of benzene rings is 2. The van der Waals surface area contributed by atoms with Crippen molar-refractivity contribution in [2.24, 2.45) is 0 Å². The lowest BCUT2D eigenvalue weighted by Crippen LogP contribution is -2.53. The lowest BCUT2D eigenvalue weighted by molar-refractivity contribution is 0.0861. The van der Waals surface area contributed by atoms with E-state index in [1.807, 2.05) is 60.7 Å². The fourth-order valence-corrected chi connectivity index (χ4v) is 4.82. The maximum Gasteiger partial charge on any atom is 0.257 e. The van der Waals surface area contributed by atoms with Crippen molar-refractivity contribution < 1.29 is 18.6 Å². The second kappa shape index (κ2) is 10.2. The SMILES string of the molecule is Cc1onc(-c2ccccc2)c1C(=O)N[C@@H]1CCCC[C@H]1NC(=O)c1c(-c2ccccc2)noc1C. The highest BCUT2D eigenvalue weighted by Crippen LogP contribution is 2.28. The van der Waals surface area contributed by atoms with Gasteiger partial charge in [0.15, 0.2) is 0 Å². The first-order valence-electron chi connectivity index (χ1n) is 12.2. The highest BCUT2D eigenvalue weighted by atomic mass is 16.5. The van der Waals surface area contributed by atoms with Crippen LogP contribution in [0.15, 0.2) is 69.7 Å². The molecule has 4 aromatic rings. The Hall–Kier alpha value is -4.20. The molecule has 2 aromatic heterocycles. The minimum absolute atomic E-state index is 0.228. The number of aromatic nitrogens is 2. The lowest BCUT2D eigenvalue weighted by atomic mass is 9.89. The van der Waals surface area contributed by atoms with Crippen molar-refractivity contribution in [2.75, 3.05) is 0 Å². The van der Waals surface area contributed by atoms with Crippen LogP contribution in [0, 0.1) is 13.8 Å². The van der Waals surface area contributed by atoms with Crippen molar-refractivity contribution in [1.82, 2.24) is 20.9 Å². The van der Waals surface area contributed by atoms with Crippen molar-refractivity contribution in [2.45, 2.75) is 51.6 Å². The molecule has 2 amide bonds. The quantitative estimate of drug-likeness (QED) is 0.395. The van der Waals surface area contributed by atoms with Crippen LogP contribution in [0.3, 0.4) is 0 Å². The molecule has 0 saturated heterocycles. The number of nitrogens with zero attached hydrogens (tertiary/aromatic N) is 2. The summed E-state index contributed by atoms with van der Waals surface area (Å²) in [5.41, 5.74) is 3.47. The smallest absolute Gasteiger partial charge is 0.257 e. The van der Waals surface area contributed by atoms with E-state index < -0.39 is 0 Å². The third kappa shape index (κ3) is 4.66. The molecule has 0 bridgehead atoms. The van der Waals surface area contributed by atoms with Gasteiger partial charge in [0, 0.05) is 23.2 Å². The number of hydrogen-bond acceptors (Lipinski definition) is 6. The molecule has 8 heteroatoms. The molecule has 0 radical (unpaired) electrons. The van der Waals surface area contributed by atoms with E-state index in [1.165, 1.54) is 0 Å². The molecule has 5 rings (SSSR count). The monoisotopic (exact) mass is 484 g/mol. The van der Waals surface area contributed by atoms with Gasteiger partial charge in [0.05, 0.1) is 0 Å². The third-order valence-corrected chi connectivity index (χ3v) is 6.67. The van der Waals surface area contributed by atoms with Gasteiger partial charge >= 0.3 is 0 Å². The maximum atomic E-state index is 13.4. The van der Waals surface area contributed by atoms with Gasteiger partial charge in [-0.05, 0) is 26.7 Å². The summed E-state index contributed by atoms with van der Waals surface area (Å²) in [6.07, 6.45) is 3.45. The van der Waals surface area contributed by atoms with E-state index in [4.69, 9.17) is 9.05 Å². The van der Waals surface area contributed by atoms with Gasteiger partial charge in [-0.1, -0.05) is 83.8 Å². The number of nitrogens with one attached hydrogen (secondary N) is 2. The average molecular weight is 485 g/mol. The van der Waals surface area contributed by atoms with Crippen LogP contribution in [-0.4, -0.2) is 34.2 Å². The summed E-state index contributed by atoms with van der Waals surface area (Å²) in [6, 6.07) is 18.5. The Morgan fingerprint density at radius 2 is 1.08 bits per heavy atom. The molecular weight excluding hydrogens is 456 g/mol. The van der Waals surface area contributed by atoms with Crippen molar-refractivity contribution in [3.05, 3.63) is 83.3 Å². The summed E-state index contributed by atoms with van der Waals surface area (Å²) in [5, 5.41) is 14.5. The zero-order valence-electron chi connectivity index (χ0n) is 20.3. The zero-order chi connectivity index (χ0) is 25.1. The summed E-state index contributed by atoms with van der Waals surface area (Å²) in [7, 11) is 0. The van der Waals surface area contributed by atoms with Crippen LogP contribution in [0.1, 0.15) is 57.9 Å². The molecule has 2 heterocycles. The normalized spacial score (nSPS) is 17.5.